The van der Waals surface area contributed by atoms with E-state index in [1.807, 2.05) is 71.3 Å². The first-order valence-corrected chi connectivity index (χ1v) is 9.75. The monoisotopic (exact) mass is 383 g/mol. The van der Waals surface area contributed by atoms with E-state index in [1.54, 1.807) is 6.33 Å². The first-order valence-electron chi connectivity index (χ1n) is 9.75. The molecular weight excluding hydrogens is 362 g/mol. The van der Waals surface area contributed by atoms with Gasteiger partial charge in [0, 0.05) is 10.8 Å². The van der Waals surface area contributed by atoms with Gasteiger partial charge in [-0.05, 0) is 60.5 Å². The molecule has 2 aromatic heterocycles. The van der Waals surface area contributed by atoms with Gasteiger partial charge in [-0.2, -0.15) is 0 Å². The first-order chi connectivity index (χ1) is 14.3. The average molecular weight is 383 g/mol. The fourth-order valence-corrected chi connectivity index (χ4v) is 3.76. The molecule has 0 bridgehead atoms. The van der Waals surface area contributed by atoms with Gasteiger partial charge in [-0.15, -0.1) is 0 Å². The van der Waals surface area contributed by atoms with E-state index in [4.69, 9.17) is 4.74 Å². The number of rotatable bonds is 5. The van der Waals surface area contributed by atoms with Crippen molar-refractivity contribution in [2.45, 2.75) is 13.3 Å². The molecule has 0 fully saturated rings. The zero-order chi connectivity index (χ0) is 19.8. The van der Waals surface area contributed by atoms with Crippen molar-refractivity contribution in [2.75, 3.05) is 6.61 Å². The van der Waals surface area contributed by atoms with E-state index in [0.29, 0.717) is 6.61 Å². The summed E-state index contributed by atoms with van der Waals surface area (Å²) in [5, 5.41) is 12.9. The van der Waals surface area contributed by atoms with Crippen LogP contribution in [-0.4, -0.2) is 26.2 Å². The SMILES string of the molecule is CCCOc1ccc(-c2c3ccccc3c(O)n2-c2ccc3nc[nH]c3c2)cc1. The molecule has 5 heteroatoms. The van der Waals surface area contributed by atoms with Crippen LogP contribution in [-0.2, 0) is 0 Å². The van der Waals surface area contributed by atoms with Crippen LogP contribution in [0.2, 0.25) is 0 Å². The Labute approximate surface area is 168 Å². The average Bonchev–Trinajstić information content (AvgIpc) is 3.35. The lowest BCUT2D eigenvalue weighted by Gasteiger charge is -2.12. The van der Waals surface area contributed by atoms with Gasteiger partial charge in [0.25, 0.3) is 0 Å². The molecule has 0 aliphatic heterocycles. The molecule has 0 saturated heterocycles. The van der Waals surface area contributed by atoms with E-state index < -0.39 is 0 Å². The van der Waals surface area contributed by atoms with Crippen molar-refractivity contribution >= 4 is 21.8 Å². The van der Waals surface area contributed by atoms with Gasteiger partial charge < -0.3 is 14.8 Å². The van der Waals surface area contributed by atoms with E-state index in [0.717, 1.165) is 50.9 Å². The minimum atomic E-state index is 0.223. The summed E-state index contributed by atoms with van der Waals surface area (Å²) in [4.78, 5) is 7.44. The largest absolute Gasteiger partial charge is 0.494 e. The lowest BCUT2D eigenvalue weighted by molar-refractivity contribution is 0.317. The van der Waals surface area contributed by atoms with E-state index in [2.05, 4.69) is 16.9 Å². The molecule has 2 heterocycles. The van der Waals surface area contributed by atoms with Gasteiger partial charge >= 0.3 is 0 Å². The topological polar surface area (TPSA) is 63.1 Å². The molecule has 0 amide bonds. The highest BCUT2D eigenvalue weighted by molar-refractivity contribution is 6.01. The Bertz CT molecular complexity index is 1300. The van der Waals surface area contributed by atoms with Gasteiger partial charge in [0.2, 0.25) is 5.88 Å². The van der Waals surface area contributed by atoms with Gasteiger partial charge in [0.15, 0.2) is 0 Å². The summed E-state index contributed by atoms with van der Waals surface area (Å²) in [6.45, 7) is 2.79. The summed E-state index contributed by atoms with van der Waals surface area (Å²) in [5.41, 5.74) is 4.64. The number of fused-ring (bicyclic) bond motifs is 2. The number of benzene rings is 3. The lowest BCUT2D eigenvalue weighted by atomic mass is 10.1. The second-order valence-electron chi connectivity index (χ2n) is 7.03. The van der Waals surface area contributed by atoms with Crippen molar-refractivity contribution in [2.24, 2.45) is 0 Å². The van der Waals surface area contributed by atoms with Crippen LogP contribution in [0.5, 0.6) is 11.6 Å². The third-order valence-electron chi connectivity index (χ3n) is 5.12. The predicted octanol–water partition coefficient (Wildman–Crippen LogP) is 5.67. The van der Waals surface area contributed by atoms with Crippen LogP contribution < -0.4 is 4.74 Å². The van der Waals surface area contributed by atoms with Crippen molar-refractivity contribution in [3.05, 3.63) is 73.1 Å². The maximum Gasteiger partial charge on any atom is 0.204 e. The molecule has 0 spiro atoms. The van der Waals surface area contributed by atoms with E-state index in [1.165, 1.54) is 0 Å². The van der Waals surface area contributed by atoms with E-state index in [9.17, 15) is 5.11 Å². The van der Waals surface area contributed by atoms with Gasteiger partial charge in [0.05, 0.1) is 35.3 Å². The zero-order valence-corrected chi connectivity index (χ0v) is 16.1. The lowest BCUT2D eigenvalue weighted by Crippen LogP contribution is -1.97. The zero-order valence-electron chi connectivity index (χ0n) is 16.1. The highest BCUT2D eigenvalue weighted by Crippen LogP contribution is 2.40. The van der Waals surface area contributed by atoms with Gasteiger partial charge in [0.1, 0.15) is 5.75 Å². The fraction of sp³-hybridized carbons (Fsp3) is 0.125. The molecule has 5 rings (SSSR count). The maximum absolute atomic E-state index is 11.1. The number of imidazole rings is 1. The van der Waals surface area contributed by atoms with Gasteiger partial charge in [-0.3, -0.25) is 4.57 Å². The standard InChI is InChI=1S/C24H21N3O2/c1-2-13-29-18-10-7-16(8-11-18)23-19-5-3-4-6-20(19)24(28)27(23)17-9-12-21-22(14-17)26-15-25-21/h3-12,14-15,28H,2,13H2,1H3,(H,25,26). The Morgan fingerprint density at radius 2 is 1.79 bits per heavy atom. The smallest absolute Gasteiger partial charge is 0.204 e. The van der Waals surface area contributed by atoms with Crippen LogP contribution in [0.15, 0.2) is 73.1 Å². The summed E-state index contributed by atoms with van der Waals surface area (Å²) < 4.78 is 7.62. The molecule has 144 valence electrons. The minimum absolute atomic E-state index is 0.223. The molecule has 0 aliphatic rings. The van der Waals surface area contributed by atoms with Crippen LogP contribution >= 0.6 is 0 Å². The summed E-state index contributed by atoms with van der Waals surface area (Å²) in [6, 6.07) is 21.9. The summed E-state index contributed by atoms with van der Waals surface area (Å²) in [7, 11) is 0. The Morgan fingerprint density at radius 1 is 1.00 bits per heavy atom. The van der Waals surface area contributed by atoms with Crippen molar-refractivity contribution < 1.29 is 9.84 Å². The second kappa shape index (κ2) is 7.02. The minimum Gasteiger partial charge on any atom is -0.494 e. The molecule has 5 aromatic rings. The number of aromatic amines is 1. The summed E-state index contributed by atoms with van der Waals surface area (Å²) >= 11 is 0. The normalized spacial score (nSPS) is 11.3. The Morgan fingerprint density at radius 3 is 2.59 bits per heavy atom. The molecule has 3 aromatic carbocycles. The number of hydrogen-bond acceptors (Lipinski definition) is 3. The number of H-pyrrole nitrogens is 1. The first kappa shape index (κ1) is 17.4. The van der Waals surface area contributed by atoms with Crippen molar-refractivity contribution in [1.29, 1.82) is 0 Å². The number of nitrogens with one attached hydrogen (secondary N) is 1. The molecule has 5 nitrogen and oxygen atoms in total. The number of aromatic hydroxyl groups is 1. The van der Waals surface area contributed by atoms with Crippen LogP contribution in [0.25, 0.3) is 38.8 Å². The quantitative estimate of drug-likeness (QED) is 0.411. The Kier molecular flexibility index (Phi) is 4.21. The van der Waals surface area contributed by atoms with Gasteiger partial charge in [-0.1, -0.05) is 25.1 Å². The molecule has 0 saturated carbocycles. The molecule has 0 atom stereocenters. The van der Waals surface area contributed by atoms with Crippen molar-refractivity contribution in [3.63, 3.8) is 0 Å². The highest BCUT2D eigenvalue weighted by atomic mass is 16.5. The van der Waals surface area contributed by atoms with Crippen molar-refractivity contribution in [3.8, 4) is 28.6 Å². The summed E-state index contributed by atoms with van der Waals surface area (Å²) in [5.74, 6) is 1.07. The Balaban J connectivity index is 1.72. The number of nitrogens with zero attached hydrogens (tertiary/aromatic N) is 2. The van der Waals surface area contributed by atoms with Crippen molar-refractivity contribution in [1.82, 2.24) is 14.5 Å². The molecule has 29 heavy (non-hydrogen) atoms. The van der Waals surface area contributed by atoms with Crippen LogP contribution in [0.4, 0.5) is 0 Å². The highest BCUT2D eigenvalue weighted by Gasteiger charge is 2.19. The third-order valence-corrected chi connectivity index (χ3v) is 5.12. The Hall–Kier alpha value is -3.73. The van der Waals surface area contributed by atoms with Gasteiger partial charge in [-0.25, -0.2) is 4.98 Å². The van der Waals surface area contributed by atoms with E-state index >= 15 is 0 Å². The van der Waals surface area contributed by atoms with Crippen LogP contribution in [0.3, 0.4) is 0 Å². The molecule has 2 N–H and O–H groups in total. The molecule has 0 radical (unpaired) electrons. The van der Waals surface area contributed by atoms with E-state index in [-0.39, 0.29) is 5.88 Å². The second-order valence-corrected chi connectivity index (χ2v) is 7.03. The molecule has 0 aliphatic carbocycles. The number of hydrogen-bond donors (Lipinski definition) is 2. The number of ether oxygens (including phenoxy) is 1. The third kappa shape index (κ3) is 2.91. The summed E-state index contributed by atoms with van der Waals surface area (Å²) in [6.07, 6.45) is 2.65. The molecule has 0 unspecified atom stereocenters. The van der Waals surface area contributed by atoms with Crippen LogP contribution in [0.1, 0.15) is 13.3 Å². The predicted molar refractivity (Wildman–Crippen MR) is 116 cm³/mol. The fourth-order valence-electron chi connectivity index (χ4n) is 3.76. The maximum atomic E-state index is 11.1. The number of aromatic nitrogens is 3. The van der Waals surface area contributed by atoms with Crippen LogP contribution in [0, 0.1) is 0 Å². The molecular formula is C24H21N3O2.